The maximum absolute atomic E-state index is 11.5. The lowest BCUT2D eigenvalue weighted by Gasteiger charge is -2.04. The zero-order chi connectivity index (χ0) is 10.1. The van der Waals surface area contributed by atoms with Gasteiger partial charge < -0.3 is 0 Å². The van der Waals surface area contributed by atoms with E-state index < -0.39 is 0 Å². The zero-order valence-electron chi connectivity index (χ0n) is 7.54. The van der Waals surface area contributed by atoms with Crippen molar-refractivity contribution < 1.29 is 0 Å². The summed E-state index contributed by atoms with van der Waals surface area (Å²) in [6.07, 6.45) is 5.05. The van der Waals surface area contributed by atoms with Crippen molar-refractivity contribution in [2.24, 2.45) is 5.92 Å². The Kier molecular flexibility index (Phi) is 2.79. The van der Waals surface area contributed by atoms with Crippen molar-refractivity contribution in [1.82, 2.24) is 9.55 Å². The van der Waals surface area contributed by atoms with Gasteiger partial charge in [0.15, 0.2) is 5.15 Å². The molecule has 1 heterocycles. The van der Waals surface area contributed by atoms with Crippen LogP contribution in [0.25, 0.3) is 0 Å². The van der Waals surface area contributed by atoms with E-state index in [1.807, 2.05) is 0 Å². The molecule has 0 spiro atoms. The normalized spacial score (nSPS) is 15.9. The first-order valence-electron chi connectivity index (χ1n) is 4.59. The van der Waals surface area contributed by atoms with Crippen LogP contribution in [0.5, 0.6) is 0 Å². The minimum atomic E-state index is -0.243. The first-order chi connectivity index (χ1) is 6.68. The second-order valence-electron chi connectivity index (χ2n) is 3.58. The molecule has 1 fully saturated rings. The maximum atomic E-state index is 11.5. The molecule has 0 aromatic carbocycles. The van der Waals surface area contributed by atoms with E-state index in [2.05, 4.69) is 4.98 Å². The predicted molar refractivity (Wildman–Crippen MR) is 55.9 cm³/mol. The van der Waals surface area contributed by atoms with Crippen LogP contribution >= 0.6 is 23.2 Å². The van der Waals surface area contributed by atoms with Crippen molar-refractivity contribution in [2.75, 3.05) is 0 Å². The Balaban J connectivity index is 2.16. The van der Waals surface area contributed by atoms with Crippen LogP contribution in [-0.2, 0) is 6.54 Å². The van der Waals surface area contributed by atoms with E-state index in [1.165, 1.54) is 23.7 Å². The van der Waals surface area contributed by atoms with E-state index in [0.717, 1.165) is 12.3 Å². The Morgan fingerprint density at radius 3 is 2.86 bits per heavy atom. The summed E-state index contributed by atoms with van der Waals surface area (Å²) in [6.45, 7) is 0.688. The summed E-state index contributed by atoms with van der Waals surface area (Å²) in [4.78, 5) is 15.4. The van der Waals surface area contributed by atoms with Crippen molar-refractivity contribution >= 4 is 23.2 Å². The second kappa shape index (κ2) is 3.91. The van der Waals surface area contributed by atoms with Crippen LogP contribution in [-0.4, -0.2) is 9.55 Å². The molecule has 2 rings (SSSR count). The van der Waals surface area contributed by atoms with Gasteiger partial charge in [-0.25, -0.2) is 4.98 Å². The van der Waals surface area contributed by atoms with Gasteiger partial charge in [0.1, 0.15) is 5.02 Å². The fourth-order valence-corrected chi connectivity index (χ4v) is 1.61. The Bertz CT molecular complexity index is 398. The Hall–Kier alpha value is -0.540. The summed E-state index contributed by atoms with van der Waals surface area (Å²) in [6, 6.07) is 0. The third-order valence-electron chi connectivity index (χ3n) is 2.42. The van der Waals surface area contributed by atoms with Crippen LogP contribution in [0, 0.1) is 5.92 Å². The van der Waals surface area contributed by atoms with Crippen molar-refractivity contribution in [1.29, 1.82) is 0 Å². The van der Waals surface area contributed by atoms with Crippen LogP contribution < -0.4 is 5.56 Å². The molecule has 0 saturated heterocycles. The van der Waals surface area contributed by atoms with Gasteiger partial charge in [0, 0.05) is 6.54 Å². The van der Waals surface area contributed by atoms with Crippen LogP contribution in [0.2, 0.25) is 10.2 Å². The summed E-state index contributed by atoms with van der Waals surface area (Å²) in [7, 11) is 0. The summed E-state index contributed by atoms with van der Waals surface area (Å²) in [5, 5.41) is 0.101. The van der Waals surface area contributed by atoms with E-state index in [1.54, 1.807) is 0 Å². The lowest BCUT2D eigenvalue weighted by atomic mass is 10.3. The van der Waals surface area contributed by atoms with Crippen molar-refractivity contribution in [3.8, 4) is 0 Å². The van der Waals surface area contributed by atoms with Gasteiger partial charge in [-0.05, 0) is 12.3 Å². The predicted octanol–water partition coefficient (Wildman–Crippen LogP) is 2.35. The molecule has 0 N–H and O–H groups in total. The average Bonchev–Trinajstić information content (AvgIpc) is 2.97. The first kappa shape index (κ1) is 9.99. The number of aromatic nitrogens is 2. The van der Waals surface area contributed by atoms with Crippen molar-refractivity contribution in [3.63, 3.8) is 0 Å². The quantitative estimate of drug-likeness (QED) is 0.751. The molecule has 3 nitrogen and oxygen atoms in total. The van der Waals surface area contributed by atoms with Crippen molar-refractivity contribution in [3.05, 3.63) is 26.9 Å². The van der Waals surface area contributed by atoms with E-state index in [4.69, 9.17) is 23.2 Å². The van der Waals surface area contributed by atoms with Gasteiger partial charge in [0.05, 0.1) is 6.33 Å². The highest BCUT2D eigenvalue weighted by atomic mass is 35.5. The molecule has 0 bridgehead atoms. The molecule has 0 unspecified atom stereocenters. The van der Waals surface area contributed by atoms with Gasteiger partial charge in [-0.15, -0.1) is 0 Å². The molecule has 1 aromatic heterocycles. The van der Waals surface area contributed by atoms with Gasteiger partial charge in [0.25, 0.3) is 5.56 Å². The second-order valence-corrected chi connectivity index (χ2v) is 4.32. The largest absolute Gasteiger partial charge is 0.298 e. The van der Waals surface area contributed by atoms with E-state index in [0.29, 0.717) is 6.54 Å². The molecule has 0 atom stereocenters. The van der Waals surface area contributed by atoms with Gasteiger partial charge >= 0.3 is 0 Å². The SMILES string of the molecule is O=c1c(Cl)c(Cl)ncn1CCC1CC1. The summed E-state index contributed by atoms with van der Waals surface area (Å²) < 4.78 is 1.52. The Morgan fingerprint density at radius 1 is 1.50 bits per heavy atom. The van der Waals surface area contributed by atoms with E-state index in [9.17, 15) is 4.79 Å². The number of hydrogen-bond acceptors (Lipinski definition) is 2. The number of rotatable bonds is 3. The highest BCUT2D eigenvalue weighted by molar-refractivity contribution is 6.40. The van der Waals surface area contributed by atoms with Gasteiger partial charge in [-0.3, -0.25) is 9.36 Å². The summed E-state index contributed by atoms with van der Waals surface area (Å²) >= 11 is 11.3. The lowest BCUT2D eigenvalue weighted by Crippen LogP contribution is -2.21. The average molecular weight is 233 g/mol. The number of hydrogen-bond donors (Lipinski definition) is 0. The molecular weight excluding hydrogens is 223 g/mol. The highest BCUT2D eigenvalue weighted by Crippen LogP contribution is 2.32. The van der Waals surface area contributed by atoms with Gasteiger partial charge in [0.2, 0.25) is 0 Å². The summed E-state index contributed by atoms with van der Waals surface area (Å²) in [5.41, 5.74) is -0.243. The monoisotopic (exact) mass is 232 g/mol. The molecule has 76 valence electrons. The van der Waals surface area contributed by atoms with Crippen LogP contribution in [0.4, 0.5) is 0 Å². The molecule has 14 heavy (non-hydrogen) atoms. The van der Waals surface area contributed by atoms with E-state index in [-0.39, 0.29) is 15.7 Å². The molecule has 1 aromatic rings. The fraction of sp³-hybridized carbons (Fsp3) is 0.556. The van der Waals surface area contributed by atoms with Crippen LogP contribution in [0.15, 0.2) is 11.1 Å². The highest BCUT2D eigenvalue weighted by Gasteiger charge is 2.21. The molecular formula is C9H10Cl2N2O. The molecule has 0 radical (unpaired) electrons. The maximum Gasteiger partial charge on any atom is 0.273 e. The standard InChI is InChI=1S/C9H10Cl2N2O/c10-7-8(11)12-5-13(9(7)14)4-3-6-1-2-6/h5-6H,1-4H2. The molecule has 5 heteroatoms. The summed E-state index contributed by atoms with van der Waals surface area (Å²) in [5.74, 6) is 0.788. The smallest absolute Gasteiger partial charge is 0.273 e. The zero-order valence-corrected chi connectivity index (χ0v) is 9.05. The number of nitrogens with zero attached hydrogens (tertiary/aromatic N) is 2. The van der Waals surface area contributed by atoms with Gasteiger partial charge in [-0.1, -0.05) is 36.0 Å². The minimum Gasteiger partial charge on any atom is -0.298 e. The molecule has 1 aliphatic rings. The number of halogens is 2. The molecule has 1 aliphatic carbocycles. The first-order valence-corrected chi connectivity index (χ1v) is 5.34. The van der Waals surface area contributed by atoms with Gasteiger partial charge in [-0.2, -0.15) is 0 Å². The van der Waals surface area contributed by atoms with Crippen molar-refractivity contribution in [2.45, 2.75) is 25.8 Å². The third-order valence-corrected chi connectivity index (χ3v) is 3.14. The minimum absolute atomic E-state index is 0.0185. The molecule has 0 aliphatic heterocycles. The van der Waals surface area contributed by atoms with Crippen LogP contribution in [0.3, 0.4) is 0 Å². The molecule has 0 amide bonds. The van der Waals surface area contributed by atoms with E-state index >= 15 is 0 Å². The lowest BCUT2D eigenvalue weighted by molar-refractivity contribution is 0.573. The third kappa shape index (κ3) is 2.10. The fourth-order valence-electron chi connectivity index (χ4n) is 1.33. The molecule has 1 saturated carbocycles. The van der Waals surface area contributed by atoms with Crippen LogP contribution in [0.1, 0.15) is 19.3 Å². The number of aryl methyl sites for hydroxylation is 1. The Morgan fingerprint density at radius 2 is 2.21 bits per heavy atom. The topological polar surface area (TPSA) is 34.9 Å². The Labute approximate surface area is 91.7 Å².